The van der Waals surface area contributed by atoms with Gasteiger partial charge in [0.2, 0.25) is 0 Å². The summed E-state index contributed by atoms with van der Waals surface area (Å²) in [6.07, 6.45) is 2.00. The van der Waals surface area contributed by atoms with Gasteiger partial charge < -0.3 is 5.11 Å². The van der Waals surface area contributed by atoms with Crippen LogP contribution in [0.1, 0.15) is 11.1 Å². The smallest absolute Gasteiger partial charge is 0.252 e. The fraction of sp³-hybridized carbons (Fsp3) is 0.118. The van der Waals surface area contributed by atoms with E-state index >= 15 is 0 Å². The zero-order valence-electron chi connectivity index (χ0n) is 11.0. The molecule has 3 nitrogen and oxygen atoms in total. The van der Waals surface area contributed by atoms with E-state index in [1.54, 1.807) is 0 Å². The number of carbonyl (C=O) groups excluding carboxylic acids is 1. The highest BCUT2D eigenvalue weighted by Crippen LogP contribution is 2.41. The second-order valence-corrected chi connectivity index (χ2v) is 4.75. The summed E-state index contributed by atoms with van der Waals surface area (Å²) in [5.41, 5.74) is 5.42. The number of aliphatic hydroxyl groups is 1. The minimum absolute atomic E-state index is 0.295. The van der Waals surface area contributed by atoms with Gasteiger partial charge in [-0.2, -0.15) is 0 Å². The molecular weight excluding hydrogens is 250 g/mol. The first-order valence-electron chi connectivity index (χ1n) is 6.51. The fourth-order valence-electron chi connectivity index (χ4n) is 2.77. The number of rotatable bonds is 3. The standard InChI is InChI=1S/C17H15NO2/c1-2-17(20)18(11-19)16-9-5-8-14-13-7-4-3-6-12(13)10-15(14)16/h2-9,19H,1,10-11H2. The number of hydrogen-bond donors (Lipinski definition) is 1. The summed E-state index contributed by atoms with van der Waals surface area (Å²) in [4.78, 5) is 13.2. The Hall–Kier alpha value is -2.39. The highest BCUT2D eigenvalue weighted by atomic mass is 16.3. The molecule has 0 spiro atoms. The van der Waals surface area contributed by atoms with Crippen molar-refractivity contribution >= 4 is 11.6 Å². The van der Waals surface area contributed by atoms with E-state index in [2.05, 4.69) is 24.8 Å². The van der Waals surface area contributed by atoms with Crippen LogP contribution in [0.15, 0.2) is 55.1 Å². The highest BCUT2D eigenvalue weighted by Gasteiger charge is 2.24. The fourth-order valence-corrected chi connectivity index (χ4v) is 2.77. The lowest BCUT2D eigenvalue weighted by atomic mass is 10.0. The Morgan fingerprint density at radius 3 is 2.70 bits per heavy atom. The van der Waals surface area contributed by atoms with Crippen molar-refractivity contribution in [3.63, 3.8) is 0 Å². The molecule has 2 aromatic rings. The maximum Gasteiger partial charge on any atom is 0.252 e. The third-order valence-corrected chi connectivity index (χ3v) is 3.70. The number of anilines is 1. The van der Waals surface area contributed by atoms with Gasteiger partial charge in [-0.3, -0.25) is 9.69 Å². The summed E-state index contributed by atoms with van der Waals surface area (Å²) < 4.78 is 0. The SMILES string of the molecule is C=CC(=O)N(CO)c1cccc2c1Cc1ccccc1-2. The van der Waals surface area contributed by atoms with Crippen molar-refractivity contribution in [2.45, 2.75) is 6.42 Å². The molecule has 0 aromatic heterocycles. The van der Waals surface area contributed by atoms with Crippen LogP contribution >= 0.6 is 0 Å². The first-order chi connectivity index (χ1) is 9.76. The van der Waals surface area contributed by atoms with Crippen LogP contribution in [-0.4, -0.2) is 17.7 Å². The van der Waals surface area contributed by atoms with Gasteiger partial charge in [0.25, 0.3) is 5.91 Å². The quantitative estimate of drug-likeness (QED) is 0.584. The van der Waals surface area contributed by atoms with Gasteiger partial charge >= 0.3 is 0 Å². The second kappa shape index (κ2) is 4.94. The summed E-state index contributed by atoms with van der Waals surface area (Å²) in [7, 11) is 0. The van der Waals surface area contributed by atoms with Gasteiger partial charge in [0.1, 0.15) is 6.73 Å². The maximum absolute atomic E-state index is 11.9. The number of benzene rings is 2. The maximum atomic E-state index is 11.9. The van der Waals surface area contributed by atoms with E-state index in [0.29, 0.717) is 0 Å². The van der Waals surface area contributed by atoms with Crippen LogP contribution in [0.5, 0.6) is 0 Å². The van der Waals surface area contributed by atoms with Gasteiger partial charge in [-0.1, -0.05) is 43.0 Å². The average Bonchev–Trinajstić information content (AvgIpc) is 2.87. The van der Waals surface area contributed by atoms with Crippen molar-refractivity contribution in [3.8, 4) is 11.1 Å². The second-order valence-electron chi connectivity index (χ2n) is 4.75. The molecule has 20 heavy (non-hydrogen) atoms. The van der Waals surface area contributed by atoms with Crippen LogP contribution in [0.25, 0.3) is 11.1 Å². The Labute approximate surface area is 117 Å². The summed E-state index contributed by atoms with van der Waals surface area (Å²) in [5, 5.41) is 9.49. The zero-order valence-corrected chi connectivity index (χ0v) is 11.0. The molecule has 0 fully saturated rings. The summed E-state index contributed by atoms with van der Waals surface area (Å²) >= 11 is 0. The van der Waals surface area contributed by atoms with Crippen molar-refractivity contribution in [1.29, 1.82) is 0 Å². The Morgan fingerprint density at radius 1 is 1.20 bits per heavy atom. The van der Waals surface area contributed by atoms with Crippen LogP contribution in [-0.2, 0) is 11.2 Å². The number of aliphatic hydroxyl groups excluding tert-OH is 1. The molecule has 0 unspecified atom stereocenters. The third-order valence-electron chi connectivity index (χ3n) is 3.70. The summed E-state index contributed by atoms with van der Waals surface area (Å²) in [5.74, 6) is -0.295. The topological polar surface area (TPSA) is 40.5 Å². The van der Waals surface area contributed by atoms with E-state index in [-0.39, 0.29) is 12.6 Å². The van der Waals surface area contributed by atoms with E-state index in [1.165, 1.54) is 22.1 Å². The normalized spacial score (nSPS) is 11.7. The lowest BCUT2D eigenvalue weighted by Gasteiger charge is -2.21. The molecule has 0 bridgehead atoms. The molecule has 100 valence electrons. The molecule has 1 N–H and O–H groups in total. The van der Waals surface area contributed by atoms with E-state index in [9.17, 15) is 9.90 Å². The van der Waals surface area contributed by atoms with Crippen LogP contribution < -0.4 is 4.90 Å². The van der Waals surface area contributed by atoms with Gasteiger partial charge in [0, 0.05) is 6.42 Å². The van der Waals surface area contributed by atoms with Crippen molar-refractivity contribution in [2.75, 3.05) is 11.6 Å². The van der Waals surface area contributed by atoms with E-state index in [1.807, 2.05) is 24.3 Å². The molecule has 1 aliphatic rings. The number of carbonyl (C=O) groups is 1. The summed E-state index contributed by atoms with van der Waals surface area (Å²) in [6.45, 7) is 3.14. The van der Waals surface area contributed by atoms with Crippen LogP contribution in [0.2, 0.25) is 0 Å². The van der Waals surface area contributed by atoms with Crippen molar-refractivity contribution in [3.05, 3.63) is 66.2 Å². The van der Waals surface area contributed by atoms with Crippen molar-refractivity contribution < 1.29 is 9.90 Å². The number of fused-ring (bicyclic) bond motifs is 3. The largest absolute Gasteiger partial charge is 0.376 e. The Morgan fingerprint density at radius 2 is 1.95 bits per heavy atom. The zero-order chi connectivity index (χ0) is 14.1. The van der Waals surface area contributed by atoms with Gasteiger partial charge in [0.05, 0.1) is 5.69 Å². The van der Waals surface area contributed by atoms with Crippen molar-refractivity contribution in [1.82, 2.24) is 0 Å². The minimum atomic E-state index is -0.350. The van der Waals surface area contributed by atoms with Gasteiger partial charge in [-0.05, 0) is 34.4 Å². The molecule has 0 heterocycles. The monoisotopic (exact) mass is 265 g/mol. The molecule has 1 amide bonds. The van der Waals surface area contributed by atoms with Crippen LogP contribution in [0.3, 0.4) is 0 Å². The van der Waals surface area contributed by atoms with E-state index in [4.69, 9.17) is 0 Å². The number of amides is 1. The Kier molecular flexibility index (Phi) is 3.12. The predicted molar refractivity (Wildman–Crippen MR) is 79.5 cm³/mol. The molecule has 0 radical (unpaired) electrons. The summed E-state index contributed by atoms with van der Waals surface area (Å²) in [6, 6.07) is 14.0. The molecule has 0 aliphatic heterocycles. The first kappa shape index (κ1) is 12.6. The Bertz CT molecular complexity index is 691. The minimum Gasteiger partial charge on any atom is -0.376 e. The van der Waals surface area contributed by atoms with Gasteiger partial charge in [0.15, 0.2) is 0 Å². The molecule has 0 atom stereocenters. The van der Waals surface area contributed by atoms with E-state index < -0.39 is 0 Å². The van der Waals surface area contributed by atoms with Crippen LogP contribution in [0, 0.1) is 0 Å². The average molecular weight is 265 g/mol. The Balaban J connectivity index is 2.13. The van der Waals surface area contributed by atoms with Gasteiger partial charge in [-0.15, -0.1) is 0 Å². The highest BCUT2D eigenvalue weighted by molar-refractivity contribution is 6.02. The first-order valence-corrected chi connectivity index (χ1v) is 6.51. The predicted octanol–water partition coefficient (Wildman–Crippen LogP) is 2.73. The lowest BCUT2D eigenvalue weighted by molar-refractivity contribution is -0.114. The molecule has 3 rings (SSSR count). The molecule has 0 saturated heterocycles. The van der Waals surface area contributed by atoms with Gasteiger partial charge in [-0.25, -0.2) is 0 Å². The molecule has 2 aromatic carbocycles. The van der Waals surface area contributed by atoms with E-state index in [0.717, 1.165) is 23.2 Å². The van der Waals surface area contributed by atoms with Crippen LogP contribution in [0.4, 0.5) is 5.69 Å². The third kappa shape index (κ3) is 1.84. The molecule has 3 heteroatoms. The molecular formula is C17H15NO2. The molecule has 1 aliphatic carbocycles. The van der Waals surface area contributed by atoms with Crippen molar-refractivity contribution in [2.24, 2.45) is 0 Å². The molecule has 0 saturated carbocycles. The number of hydrogen-bond acceptors (Lipinski definition) is 2. The number of nitrogens with zero attached hydrogens (tertiary/aromatic N) is 1. The lowest BCUT2D eigenvalue weighted by Crippen LogP contribution is -2.30.